The molecule has 5 heteroatoms. The summed E-state index contributed by atoms with van der Waals surface area (Å²) in [6.45, 7) is 0. The standard InChI is InChI=1S/C4H6O4S/c1-9(7,8)3-4(6)2-5/h2-3,6H,1H3. The third kappa shape index (κ3) is 5.02. The summed E-state index contributed by atoms with van der Waals surface area (Å²) in [6.07, 6.45) is 0.938. The summed E-state index contributed by atoms with van der Waals surface area (Å²) in [5.41, 5.74) is 0. The maximum absolute atomic E-state index is 10.2. The van der Waals surface area contributed by atoms with Gasteiger partial charge in [0.1, 0.15) is 0 Å². The average Bonchev–Trinajstić information content (AvgIpc) is 1.62. The maximum atomic E-state index is 10.2. The average molecular weight is 150 g/mol. The van der Waals surface area contributed by atoms with Crippen LogP contribution < -0.4 is 0 Å². The zero-order chi connectivity index (χ0) is 7.49. The Hall–Kier alpha value is -0.840. The number of hydrogen-bond acceptors (Lipinski definition) is 4. The van der Waals surface area contributed by atoms with E-state index in [9.17, 15) is 13.2 Å². The number of hydrogen-bond donors (Lipinski definition) is 1. The molecule has 0 rings (SSSR count). The highest BCUT2D eigenvalue weighted by molar-refractivity contribution is 7.93. The predicted octanol–water partition coefficient (Wildman–Crippen LogP) is -0.371. The lowest BCUT2D eigenvalue weighted by molar-refractivity contribution is -0.106. The zero-order valence-corrected chi connectivity index (χ0v) is 5.55. The van der Waals surface area contributed by atoms with Crippen molar-refractivity contribution in [2.45, 2.75) is 0 Å². The molecule has 0 amide bonds. The van der Waals surface area contributed by atoms with Crippen LogP contribution in [0.1, 0.15) is 0 Å². The molecule has 52 valence electrons. The van der Waals surface area contributed by atoms with Crippen LogP contribution in [-0.2, 0) is 14.6 Å². The van der Waals surface area contributed by atoms with Crippen LogP contribution in [0.4, 0.5) is 0 Å². The fourth-order valence-corrected chi connectivity index (χ4v) is 0.741. The molecular weight excluding hydrogens is 144 g/mol. The Bertz CT molecular complexity index is 223. The molecule has 0 spiro atoms. The van der Waals surface area contributed by atoms with Crippen LogP contribution in [0.25, 0.3) is 0 Å². The lowest BCUT2D eigenvalue weighted by Gasteiger charge is -1.84. The van der Waals surface area contributed by atoms with Gasteiger partial charge in [-0.05, 0) is 0 Å². The van der Waals surface area contributed by atoms with Crippen molar-refractivity contribution in [1.82, 2.24) is 0 Å². The molecule has 4 nitrogen and oxygen atoms in total. The Kier molecular flexibility index (Phi) is 2.39. The maximum Gasteiger partial charge on any atom is 0.185 e. The lowest BCUT2D eigenvalue weighted by atomic mass is 10.7. The molecule has 0 aromatic rings. The Morgan fingerprint density at radius 3 is 2.11 bits per heavy atom. The van der Waals surface area contributed by atoms with Gasteiger partial charge in [-0.15, -0.1) is 0 Å². The van der Waals surface area contributed by atoms with E-state index in [1.165, 1.54) is 0 Å². The molecule has 0 bridgehead atoms. The molecule has 0 atom stereocenters. The van der Waals surface area contributed by atoms with E-state index in [1.54, 1.807) is 0 Å². The van der Waals surface area contributed by atoms with Crippen molar-refractivity contribution in [3.63, 3.8) is 0 Å². The predicted molar refractivity (Wildman–Crippen MR) is 31.6 cm³/mol. The van der Waals surface area contributed by atoms with Gasteiger partial charge in [0.2, 0.25) is 0 Å². The van der Waals surface area contributed by atoms with E-state index in [2.05, 4.69) is 0 Å². The van der Waals surface area contributed by atoms with E-state index >= 15 is 0 Å². The molecule has 0 radical (unpaired) electrons. The van der Waals surface area contributed by atoms with Crippen molar-refractivity contribution in [1.29, 1.82) is 0 Å². The quantitative estimate of drug-likeness (QED) is 0.331. The Morgan fingerprint density at radius 2 is 2.00 bits per heavy atom. The van der Waals surface area contributed by atoms with Gasteiger partial charge >= 0.3 is 0 Å². The topological polar surface area (TPSA) is 71.4 Å². The number of carbonyl (C=O) groups excluding carboxylic acids is 1. The Labute approximate surface area is 52.7 Å². The molecule has 0 aliphatic carbocycles. The molecule has 1 N–H and O–H groups in total. The minimum Gasteiger partial charge on any atom is -0.504 e. The first kappa shape index (κ1) is 8.16. The van der Waals surface area contributed by atoms with Crippen LogP contribution >= 0.6 is 0 Å². The van der Waals surface area contributed by atoms with Crippen molar-refractivity contribution in [3.05, 3.63) is 11.2 Å². The second kappa shape index (κ2) is 2.63. The number of aliphatic hydroxyl groups is 1. The Balaban J connectivity index is 4.51. The zero-order valence-electron chi connectivity index (χ0n) is 4.73. The fraction of sp³-hybridized carbons (Fsp3) is 0.250. The number of sulfone groups is 1. The second-order valence-corrected chi connectivity index (χ2v) is 3.38. The second-order valence-electron chi connectivity index (χ2n) is 1.49. The Morgan fingerprint density at radius 1 is 1.56 bits per heavy atom. The van der Waals surface area contributed by atoms with Crippen LogP contribution in [0.3, 0.4) is 0 Å². The molecular formula is C4H6O4S. The first-order chi connectivity index (χ1) is 3.95. The van der Waals surface area contributed by atoms with E-state index < -0.39 is 15.6 Å². The highest BCUT2D eigenvalue weighted by Crippen LogP contribution is 1.88. The SMILES string of the molecule is CS(=O)(=O)C=C(O)C=O. The number of aldehydes is 1. The summed E-state index contributed by atoms with van der Waals surface area (Å²) < 4.78 is 20.4. The minimum atomic E-state index is -3.38. The van der Waals surface area contributed by atoms with Crippen LogP contribution in [0.5, 0.6) is 0 Å². The van der Waals surface area contributed by atoms with Crippen molar-refractivity contribution >= 4 is 16.1 Å². The molecule has 0 fully saturated rings. The van der Waals surface area contributed by atoms with Crippen LogP contribution in [0.15, 0.2) is 11.2 Å². The van der Waals surface area contributed by atoms with Gasteiger partial charge in [-0.2, -0.15) is 0 Å². The van der Waals surface area contributed by atoms with E-state index in [0.717, 1.165) is 6.26 Å². The molecule has 0 heterocycles. The normalized spacial score (nSPS) is 13.2. The lowest BCUT2D eigenvalue weighted by Crippen LogP contribution is -1.92. The molecule has 0 saturated carbocycles. The van der Waals surface area contributed by atoms with E-state index in [1.807, 2.05) is 0 Å². The summed E-state index contributed by atoms with van der Waals surface area (Å²) in [4.78, 5) is 9.60. The van der Waals surface area contributed by atoms with Gasteiger partial charge in [-0.25, -0.2) is 8.42 Å². The van der Waals surface area contributed by atoms with E-state index in [0.29, 0.717) is 5.41 Å². The third-order valence-electron chi connectivity index (χ3n) is 0.456. The highest BCUT2D eigenvalue weighted by atomic mass is 32.2. The molecule has 0 aliphatic rings. The van der Waals surface area contributed by atoms with Gasteiger partial charge in [-0.3, -0.25) is 4.79 Å². The number of allylic oxidation sites excluding steroid dienone is 1. The van der Waals surface area contributed by atoms with Gasteiger partial charge in [0.05, 0.1) is 5.41 Å². The minimum absolute atomic E-state index is 0.0566. The van der Waals surface area contributed by atoms with Crippen LogP contribution in [-0.4, -0.2) is 26.1 Å². The van der Waals surface area contributed by atoms with Crippen molar-refractivity contribution in [2.75, 3.05) is 6.26 Å². The molecule has 0 aliphatic heterocycles. The fourth-order valence-electron chi connectivity index (χ4n) is 0.247. The molecule has 0 aromatic carbocycles. The summed E-state index contributed by atoms with van der Waals surface area (Å²) >= 11 is 0. The highest BCUT2D eigenvalue weighted by Gasteiger charge is 1.97. The molecule has 9 heavy (non-hydrogen) atoms. The first-order valence-corrected chi connectivity index (χ1v) is 3.97. The summed E-state index contributed by atoms with van der Waals surface area (Å²) in [7, 11) is -3.38. The number of carbonyl (C=O) groups is 1. The van der Waals surface area contributed by atoms with E-state index in [4.69, 9.17) is 5.11 Å². The van der Waals surface area contributed by atoms with Crippen molar-refractivity contribution in [2.24, 2.45) is 0 Å². The third-order valence-corrected chi connectivity index (χ3v) is 1.13. The summed E-state index contributed by atoms with van der Waals surface area (Å²) in [5.74, 6) is -0.780. The number of rotatable bonds is 2. The molecule has 0 unspecified atom stereocenters. The summed E-state index contributed by atoms with van der Waals surface area (Å²) in [6, 6.07) is 0. The van der Waals surface area contributed by atoms with Crippen molar-refractivity contribution < 1.29 is 18.3 Å². The smallest absolute Gasteiger partial charge is 0.185 e. The van der Waals surface area contributed by atoms with E-state index in [-0.39, 0.29) is 6.29 Å². The summed E-state index contributed by atoms with van der Waals surface area (Å²) in [5, 5.41) is 8.79. The molecule has 0 aromatic heterocycles. The van der Waals surface area contributed by atoms with Crippen LogP contribution in [0.2, 0.25) is 0 Å². The van der Waals surface area contributed by atoms with Gasteiger partial charge in [-0.1, -0.05) is 0 Å². The monoisotopic (exact) mass is 150 g/mol. The van der Waals surface area contributed by atoms with Gasteiger partial charge in [0.25, 0.3) is 0 Å². The van der Waals surface area contributed by atoms with Crippen LogP contribution in [0, 0.1) is 0 Å². The largest absolute Gasteiger partial charge is 0.504 e. The van der Waals surface area contributed by atoms with Gasteiger partial charge < -0.3 is 5.11 Å². The van der Waals surface area contributed by atoms with Gasteiger partial charge in [0.15, 0.2) is 21.9 Å². The first-order valence-electron chi connectivity index (χ1n) is 2.01. The molecule has 0 saturated heterocycles. The van der Waals surface area contributed by atoms with Crippen molar-refractivity contribution in [3.8, 4) is 0 Å². The number of aliphatic hydroxyl groups excluding tert-OH is 1. The van der Waals surface area contributed by atoms with Gasteiger partial charge in [0, 0.05) is 6.26 Å².